The van der Waals surface area contributed by atoms with Crippen LogP contribution in [0.25, 0.3) is 0 Å². The van der Waals surface area contributed by atoms with Gasteiger partial charge < -0.3 is 10.0 Å². The van der Waals surface area contributed by atoms with Crippen LogP contribution in [0.3, 0.4) is 0 Å². The van der Waals surface area contributed by atoms with Gasteiger partial charge >= 0.3 is 6.18 Å². The summed E-state index contributed by atoms with van der Waals surface area (Å²) in [5, 5.41) is 8.65. The first-order valence-corrected chi connectivity index (χ1v) is 5.14. The molecular formula is C10H16F3NO2. The van der Waals surface area contributed by atoms with Crippen molar-refractivity contribution in [3.8, 4) is 0 Å². The lowest BCUT2D eigenvalue weighted by Crippen LogP contribution is -2.42. The fourth-order valence-corrected chi connectivity index (χ4v) is 1.71. The SMILES string of the molecule is CC1(C)CC1C(=O)N(CCO)CC(F)(F)F. The molecular weight excluding hydrogens is 223 g/mol. The number of carbonyl (C=O) groups is 1. The quantitative estimate of drug-likeness (QED) is 0.806. The monoisotopic (exact) mass is 239 g/mol. The molecule has 0 aromatic rings. The number of halogens is 3. The molecule has 1 unspecified atom stereocenters. The molecule has 1 N–H and O–H groups in total. The van der Waals surface area contributed by atoms with Crippen molar-refractivity contribution in [2.24, 2.45) is 11.3 Å². The molecule has 1 rings (SSSR count). The number of rotatable bonds is 4. The summed E-state index contributed by atoms with van der Waals surface area (Å²) < 4.78 is 36.6. The molecule has 1 atom stereocenters. The minimum Gasteiger partial charge on any atom is -0.395 e. The lowest BCUT2D eigenvalue weighted by Gasteiger charge is -2.23. The van der Waals surface area contributed by atoms with E-state index in [0.29, 0.717) is 11.3 Å². The number of carbonyl (C=O) groups excluding carboxylic acids is 1. The molecule has 16 heavy (non-hydrogen) atoms. The zero-order valence-electron chi connectivity index (χ0n) is 9.34. The van der Waals surface area contributed by atoms with Gasteiger partial charge in [-0.2, -0.15) is 13.2 Å². The third-order valence-corrected chi connectivity index (χ3v) is 2.86. The van der Waals surface area contributed by atoms with Crippen LogP contribution < -0.4 is 0 Å². The van der Waals surface area contributed by atoms with Crippen LogP contribution in [0.2, 0.25) is 0 Å². The number of aliphatic hydroxyl groups is 1. The van der Waals surface area contributed by atoms with E-state index in [1.54, 1.807) is 0 Å². The first kappa shape index (κ1) is 13.3. The molecule has 1 amide bonds. The molecule has 0 aliphatic heterocycles. The molecule has 1 fully saturated rings. The third-order valence-electron chi connectivity index (χ3n) is 2.86. The molecule has 0 radical (unpaired) electrons. The van der Waals surface area contributed by atoms with Gasteiger partial charge in [-0.1, -0.05) is 13.8 Å². The van der Waals surface area contributed by atoms with E-state index < -0.39 is 25.2 Å². The molecule has 3 nitrogen and oxygen atoms in total. The smallest absolute Gasteiger partial charge is 0.395 e. The molecule has 0 heterocycles. The standard InChI is InChI=1S/C10H16F3NO2/c1-9(2)5-7(9)8(16)14(3-4-15)6-10(11,12)13/h7,15H,3-6H2,1-2H3. The molecule has 0 saturated heterocycles. The summed E-state index contributed by atoms with van der Waals surface area (Å²) in [5.41, 5.74) is -0.198. The topological polar surface area (TPSA) is 40.5 Å². The van der Waals surface area contributed by atoms with Crippen LogP contribution in [0.4, 0.5) is 13.2 Å². The summed E-state index contributed by atoms with van der Waals surface area (Å²) in [6.45, 7) is 1.71. The summed E-state index contributed by atoms with van der Waals surface area (Å²) in [6.07, 6.45) is -3.80. The second-order valence-corrected chi connectivity index (χ2v) is 4.84. The van der Waals surface area contributed by atoms with Crippen molar-refractivity contribution in [2.45, 2.75) is 26.4 Å². The maximum atomic E-state index is 12.2. The van der Waals surface area contributed by atoms with E-state index in [2.05, 4.69) is 0 Å². The van der Waals surface area contributed by atoms with Gasteiger partial charge in [0.25, 0.3) is 0 Å². The number of alkyl halides is 3. The summed E-state index contributed by atoms with van der Waals surface area (Å²) in [5.74, 6) is -0.835. The molecule has 1 aliphatic carbocycles. The van der Waals surface area contributed by atoms with Gasteiger partial charge in [-0.05, 0) is 11.8 Å². The van der Waals surface area contributed by atoms with Crippen molar-refractivity contribution in [3.05, 3.63) is 0 Å². The Balaban J connectivity index is 2.60. The maximum Gasteiger partial charge on any atom is 0.406 e. The van der Waals surface area contributed by atoms with Crippen molar-refractivity contribution in [2.75, 3.05) is 19.7 Å². The van der Waals surface area contributed by atoms with Crippen LogP contribution >= 0.6 is 0 Å². The summed E-state index contributed by atoms with van der Waals surface area (Å²) >= 11 is 0. The fourth-order valence-electron chi connectivity index (χ4n) is 1.71. The van der Waals surface area contributed by atoms with Gasteiger partial charge in [-0.25, -0.2) is 0 Å². The Labute approximate surface area is 92.2 Å². The van der Waals surface area contributed by atoms with E-state index in [-0.39, 0.29) is 17.9 Å². The number of aliphatic hydroxyl groups excluding tert-OH is 1. The molecule has 6 heteroatoms. The van der Waals surface area contributed by atoms with Crippen molar-refractivity contribution in [3.63, 3.8) is 0 Å². The highest BCUT2D eigenvalue weighted by Gasteiger charge is 2.52. The Morgan fingerprint density at radius 2 is 2.00 bits per heavy atom. The van der Waals surface area contributed by atoms with Crippen molar-refractivity contribution in [1.29, 1.82) is 0 Å². The van der Waals surface area contributed by atoms with Crippen LogP contribution in [0.1, 0.15) is 20.3 Å². The summed E-state index contributed by atoms with van der Waals surface area (Å²) in [4.78, 5) is 12.4. The maximum absolute atomic E-state index is 12.2. The van der Waals surface area contributed by atoms with Gasteiger partial charge in [-0.15, -0.1) is 0 Å². The van der Waals surface area contributed by atoms with E-state index in [1.807, 2.05) is 13.8 Å². The van der Waals surface area contributed by atoms with Crippen LogP contribution in [-0.4, -0.2) is 41.8 Å². The molecule has 1 saturated carbocycles. The number of hydrogen-bond acceptors (Lipinski definition) is 2. The van der Waals surface area contributed by atoms with Crippen LogP contribution in [0, 0.1) is 11.3 Å². The van der Waals surface area contributed by atoms with Gasteiger partial charge in [-0.3, -0.25) is 4.79 Å². The largest absolute Gasteiger partial charge is 0.406 e. The second kappa shape index (κ2) is 4.24. The average molecular weight is 239 g/mol. The van der Waals surface area contributed by atoms with Gasteiger partial charge in [0, 0.05) is 12.5 Å². The zero-order chi connectivity index (χ0) is 12.6. The minimum atomic E-state index is -4.41. The van der Waals surface area contributed by atoms with E-state index in [4.69, 9.17) is 5.11 Å². The fraction of sp³-hybridized carbons (Fsp3) is 0.900. The van der Waals surface area contributed by atoms with Crippen LogP contribution in [0.5, 0.6) is 0 Å². The predicted molar refractivity (Wildman–Crippen MR) is 51.6 cm³/mol. The Morgan fingerprint density at radius 1 is 1.50 bits per heavy atom. The lowest BCUT2D eigenvalue weighted by molar-refractivity contribution is -0.163. The Morgan fingerprint density at radius 3 is 2.31 bits per heavy atom. The normalized spacial score (nSPS) is 23.0. The molecule has 1 aliphatic rings. The second-order valence-electron chi connectivity index (χ2n) is 4.84. The third kappa shape index (κ3) is 3.37. The van der Waals surface area contributed by atoms with E-state index >= 15 is 0 Å². The molecule has 0 aromatic carbocycles. The summed E-state index contributed by atoms with van der Waals surface area (Å²) in [7, 11) is 0. The van der Waals surface area contributed by atoms with E-state index in [1.165, 1.54) is 0 Å². The Hall–Kier alpha value is -0.780. The van der Waals surface area contributed by atoms with Gasteiger partial charge in [0.05, 0.1) is 6.61 Å². The summed E-state index contributed by atoms with van der Waals surface area (Å²) in [6, 6.07) is 0. The van der Waals surface area contributed by atoms with Gasteiger partial charge in [0.2, 0.25) is 5.91 Å². The lowest BCUT2D eigenvalue weighted by atomic mass is 10.1. The first-order valence-electron chi connectivity index (χ1n) is 5.14. The van der Waals surface area contributed by atoms with E-state index in [0.717, 1.165) is 0 Å². The minimum absolute atomic E-state index is 0.198. The van der Waals surface area contributed by atoms with E-state index in [9.17, 15) is 18.0 Å². The predicted octanol–water partition coefficient (Wildman–Crippen LogP) is 1.42. The van der Waals surface area contributed by atoms with Crippen molar-refractivity contribution >= 4 is 5.91 Å². The van der Waals surface area contributed by atoms with Crippen LogP contribution in [-0.2, 0) is 4.79 Å². The Bertz CT molecular complexity index is 276. The first-order chi connectivity index (χ1) is 7.17. The highest BCUT2D eigenvalue weighted by molar-refractivity contribution is 5.82. The number of nitrogens with zero attached hydrogens (tertiary/aromatic N) is 1. The zero-order valence-corrected chi connectivity index (χ0v) is 9.34. The van der Waals surface area contributed by atoms with Gasteiger partial charge in [0.15, 0.2) is 0 Å². The van der Waals surface area contributed by atoms with Crippen molar-refractivity contribution < 1.29 is 23.1 Å². The number of amides is 1. The van der Waals surface area contributed by atoms with Gasteiger partial charge in [0.1, 0.15) is 6.54 Å². The molecule has 94 valence electrons. The van der Waals surface area contributed by atoms with Crippen LogP contribution in [0.15, 0.2) is 0 Å². The Kier molecular flexibility index (Phi) is 3.52. The average Bonchev–Trinajstić information content (AvgIpc) is 2.71. The molecule has 0 spiro atoms. The molecule has 0 aromatic heterocycles. The highest BCUT2D eigenvalue weighted by Crippen LogP contribution is 2.52. The molecule has 0 bridgehead atoms. The number of hydrogen-bond donors (Lipinski definition) is 1. The van der Waals surface area contributed by atoms with Crippen molar-refractivity contribution in [1.82, 2.24) is 4.90 Å². The highest BCUT2D eigenvalue weighted by atomic mass is 19.4.